The summed E-state index contributed by atoms with van der Waals surface area (Å²) in [6.45, 7) is 5.84. The Bertz CT molecular complexity index is 1230. The van der Waals surface area contributed by atoms with Crippen molar-refractivity contribution in [3.63, 3.8) is 0 Å². The summed E-state index contributed by atoms with van der Waals surface area (Å²) in [5.74, 6) is -1.19. The van der Waals surface area contributed by atoms with Crippen LogP contribution in [-0.2, 0) is 19.8 Å². The van der Waals surface area contributed by atoms with E-state index in [9.17, 15) is 14.4 Å². The number of amides is 3. The molecule has 5 rings (SSSR count). The number of piperidine rings is 1. The molecule has 2 aromatic carbocycles. The van der Waals surface area contributed by atoms with E-state index in [0.717, 1.165) is 24.0 Å². The van der Waals surface area contributed by atoms with Crippen molar-refractivity contribution < 1.29 is 14.4 Å². The van der Waals surface area contributed by atoms with Crippen LogP contribution in [0.3, 0.4) is 0 Å². The van der Waals surface area contributed by atoms with E-state index in [4.69, 9.17) is 23.2 Å². The van der Waals surface area contributed by atoms with Crippen molar-refractivity contribution in [2.24, 2.45) is 0 Å². The van der Waals surface area contributed by atoms with E-state index < -0.39 is 17.4 Å². The highest BCUT2D eigenvalue weighted by Gasteiger charge is 2.63. The van der Waals surface area contributed by atoms with Crippen molar-refractivity contribution in [1.29, 1.82) is 0 Å². The molecule has 34 heavy (non-hydrogen) atoms. The lowest BCUT2D eigenvalue weighted by atomic mass is 9.58. The predicted octanol–water partition coefficient (Wildman–Crippen LogP) is 4.42. The van der Waals surface area contributed by atoms with Crippen LogP contribution < -0.4 is 10.6 Å². The third-order valence-electron chi connectivity index (χ3n) is 7.02. The number of carbonyl (C=O) groups is 3. The summed E-state index contributed by atoms with van der Waals surface area (Å²) in [5.41, 5.74) is 1.56. The number of hydrogen-bond donors (Lipinski definition) is 2. The summed E-state index contributed by atoms with van der Waals surface area (Å²) in [4.78, 5) is 41.8. The molecule has 3 atom stereocenters. The van der Waals surface area contributed by atoms with Gasteiger partial charge in [-0.05, 0) is 55.2 Å². The van der Waals surface area contributed by atoms with Gasteiger partial charge in [0, 0.05) is 34.1 Å². The van der Waals surface area contributed by atoms with Gasteiger partial charge in [0.05, 0.1) is 6.04 Å². The van der Waals surface area contributed by atoms with Crippen LogP contribution in [0, 0.1) is 0 Å². The SMILES string of the molecule is C=C(C)[C@@H]1N(CC(=O)NC2CC2)C(=O)C[C@H](c2cccc(Cl)c2)[C@@]12C(=O)Nc1cc(Cl)ccc12. The molecule has 2 aliphatic heterocycles. The lowest BCUT2D eigenvalue weighted by Crippen LogP contribution is -2.64. The summed E-state index contributed by atoms with van der Waals surface area (Å²) >= 11 is 12.6. The number of nitrogens with one attached hydrogen (secondary N) is 2. The van der Waals surface area contributed by atoms with Gasteiger partial charge < -0.3 is 15.5 Å². The fourth-order valence-electron chi connectivity index (χ4n) is 5.57. The average Bonchev–Trinajstić information content (AvgIpc) is 3.53. The first-order valence-electron chi connectivity index (χ1n) is 11.3. The summed E-state index contributed by atoms with van der Waals surface area (Å²) in [7, 11) is 0. The van der Waals surface area contributed by atoms with Crippen molar-refractivity contribution in [3.05, 3.63) is 75.8 Å². The van der Waals surface area contributed by atoms with E-state index in [1.165, 1.54) is 4.90 Å². The number of rotatable bonds is 5. The average molecular weight is 498 g/mol. The second kappa shape index (κ2) is 8.43. The zero-order valence-electron chi connectivity index (χ0n) is 18.7. The number of fused-ring (bicyclic) bond motifs is 2. The lowest BCUT2D eigenvalue weighted by Gasteiger charge is -2.51. The first-order chi connectivity index (χ1) is 16.2. The van der Waals surface area contributed by atoms with Crippen molar-refractivity contribution in [2.75, 3.05) is 11.9 Å². The van der Waals surface area contributed by atoms with Gasteiger partial charge in [-0.2, -0.15) is 0 Å². The Labute approximate surface area is 208 Å². The van der Waals surface area contributed by atoms with E-state index in [-0.39, 0.29) is 36.7 Å². The molecule has 0 radical (unpaired) electrons. The number of benzene rings is 2. The van der Waals surface area contributed by atoms with Crippen LogP contribution in [-0.4, -0.2) is 41.2 Å². The highest BCUT2D eigenvalue weighted by molar-refractivity contribution is 6.31. The van der Waals surface area contributed by atoms with Crippen molar-refractivity contribution in [3.8, 4) is 0 Å². The maximum absolute atomic E-state index is 14.0. The summed E-state index contributed by atoms with van der Waals surface area (Å²) in [5, 5.41) is 6.96. The zero-order valence-corrected chi connectivity index (χ0v) is 20.2. The van der Waals surface area contributed by atoms with Gasteiger partial charge in [-0.25, -0.2) is 0 Å². The molecule has 2 N–H and O–H groups in total. The van der Waals surface area contributed by atoms with E-state index >= 15 is 0 Å². The Morgan fingerprint density at radius 3 is 2.59 bits per heavy atom. The van der Waals surface area contributed by atoms with Crippen LogP contribution in [0.1, 0.15) is 43.2 Å². The van der Waals surface area contributed by atoms with E-state index in [2.05, 4.69) is 17.2 Å². The molecule has 6 nitrogen and oxygen atoms in total. The highest BCUT2D eigenvalue weighted by Crippen LogP contribution is 2.56. The quantitative estimate of drug-likeness (QED) is 0.600. The highest BCUT2D eigenvalue weighted by atomic mass is 35.5. The van der Waals surface area contributed by atoms with Gasteiger partial charge in [0.25, 0.3) is 0 Å². The van der Waals surface area contributed by atoms with Crippen molar-refractivity contribution >= 4 is 46.6 Å². The monoisotopic (exact) mass is 497 g/mol. The Morgan fingerprint density at radius 1 is 1.18 bits per heavy atom. The smallest absolute Gasteiger partial charge is 0.239 e. The number of hydrogen-bond acceptors (Lipinski definition) is 3. The molecule has 176 valence electrons. The molecular formula is C26H25Cl2N3O3. The number of halogens is 2. The molecule has 1 saturated heterocycles. The molecule has 3 amide bonds. The maximum Gasteiger partial charge on any atom is 0.239 e. The molecule has 2 aromatic rings. The molecule has 1 spiro atoms. The minimum Gasteiger partial charge on any atom is -0.352 e. The summed E-state index contributed by atoms with van der Waals surface area (Å²) in [6, 6.07) is 12.0. The Balaban J connectivity index is 1.69. The molecule has 0 unspecified atom stereocenters. The van der Waals surface area contributed by atoms with Gasteiger partial charge in [0.1, 0.15) is 12.0 Å². The normalized spacial score (nSPS) is 25.8. The topological polar surface area (TPSA) is 78.5 Å². The minimum atomic E-state index is -1.19. The third-order valence-corrected chi connectivity index (χ3v) is 7.49. The molecule has 3 aliphatic rings. The number of nitrogens with zero attached hydrogens (tertiary/aromatic N) is 1. The number of anilines is 1. The maximum atomic E-state index is 14.0. The standard InChI is InChI=1S/C26H25Cl2N3O3/c1-14(2)24-26(19-9-6-17(28)11-21(19)30-25(26)34)20(15-4-3-5-16(27)10-15)12-23(33)31(24)13-22(32)29-18-7-8-18/h3-6,9-11,18,20,24H,1,7-8,12-13H2,2H3,(H,29,32)(H,30,34)/t20-,24+,26-/m1/s1. The van der Waals surface area contributed by atoms with E-state index in [1.807, 2.05) is 18.2 Å². The Morgan fingerprint density at radius 2 is 1.91 bits per heavy atom. The molecule has 0 bridgehead atoms. The van der Waals surface area contributed by atoms with Gasteiger partial charge in [0.15, 0.2) is 0 Å². The lowest BCUT2D eigenvalue weighted by molar-refractivity contribution is -0.147. The molecular weight excluding hydrogens is 473 g/mol. The Hall–Kier alpha value is -2.83. The molecule has 0 aromatic heterocycles. The molecule has 8 heteroatoms. The largest absolute Gasteiger partial charge is 0.352 e. The van der Waals surface area contributed by atoms with Crippen LogP contribution in [0.4, 0.5) is 5.69 Å². The van der Waals surface area contributed by atoms with Gasteiger partial charge in [-0.3, -0.25) is 14.4 Å². The fourth-order valence-corrected chi connectivity index (χ4v) is 5.94. The second-order valence-corrected chi connectivity index (χ2v) is 10.3. The van der Waals surface area contributed by atoms with E-state index in [1.54, 1.807) is 31.2 Å². The molecule has 2 fully saturated rings. The predicted molar refractivity (Wildman–Crippen MR) is 132 cm³/mol. The van der Waals surface area contributed by atoms with Crippen LogP contribution in [0.5, 0.6) is 0 Å². The summed E-state index contributed by atoms with van der Waals surface area (Å²) < 4.78 is 0. The summed E-state index contributed by atoms with van der Waals surface area (Å²) in [6.07, 6.45) is 1.94. The molecule has 1 aliphatic carbocycles. The van der Waals surface area contributed by atoms with Crippen LogP contribution in [0.25, 0.3) is 0 Å². The van der Waals surface area contributed by atoms with Crippen LogP contribution in [0.15, 0.2) is 54.6 Å². The first-order valence-corrected chi connectivity index (χ1v) is 12.1. The van der Waals surface area contributed by atoms with Crippen molar-refractivity contribution in [1.82, 2.24) is 10.2 Å². The van der Waals surface area contributed by atoms with Gasteiger partial charge in [0.2, 0.25) is 17.7 Å². The third kappa shape index (κ3) is 3.69. The fraction of sp³-hybridized carbons (Fsp3) is 0.346. The second-order valence-electron chi connectivity index (χ2n) is 9.44. The molecule has 1 saturated carbocycles. The zero-order chi connectivity index (χ0) is 24.2. The van der Waals surface area contributed by atoms with Gasteiger partial charge in [-0.15, -0.1) is 0 Å². The van der Waals surface area contributed by atoms with Gasteiger partial charge >= 0.3 is 0 Å². The Kier molecular flexibility index (Phi) is 5.69. The minimum absolute atomic E-state index is 0.0519. The van der Waals surface area contributed by atoms with Crippen molar-refractivity contribution in [2.45, 2.75) is 49.6 Å². The van der Waals surface area contributed by atoms with Crippen LogP contribution in [0.2, 0.25) is 10.0 Å². The first kappa shape index (κ1) is 22.9. The number of likely N-dealkylation sites (tertiary alicyclic amines) is 1. The van der Waals surface area contributed by atoms with Gasteiger partial charge in [-0.1, -0.05) is 53.6 Å². The van der Waals surface area contributed by atoms with Crippen LogP contribution >= 0.6 is 23.2 Å². The molecule has 2 heterocycles. The number of carbonyl (C=O) groups excluding carboxylic acids is 3. The van der Waals surface area contributed by atoms with E-state index in [0.29, 0.717) is 21.3 Å².